The zero-order valence-corrected chi connectivity index (χ0v) is 23.7. The van der Waals surface area contributed by atoms with Crippen LogP contribution in [0.2, 0.25) is 0 Å². The van der Waals surface area contributed by atoms with E-state index in [1.54, 1.807) is 6.07 Å². The van der Waals surface area contributed by atoms with Crippen LogP contribution < -0.4 is 32.0 Å². The molecule has 3 aromatic rings. The number of alkyl carbamates (subject to hydrolysis) is 1. The van der Waals surface area contributed by atoms with Crippen molar-refractivity contribution in [1.82, 2.24) is 31.2 Å². The maximum atomic E-state index is 13.5. The van der Waals surface area contributed by atoms with Crippen LogP contribution in [-0.2, 0) is 29.0 Å². The summed E-state index contributed by atoms with van der Waals surface area (Å²) in [4.78, 5) is 50.3. The first-order valence-electron chi connectivity index (χ1n) is 14.2. The fourth-order valence-corrected chi connectivity index (χ4v) is 4.64. The average molecular weight is 579 g/mol. The first-order valence-corrected chi connectivity index (χ1v) is 14.2. The van der Waals surface area contributed by atoms with Crippen LogP contribution in [0.3, 0.4) is 0 Å². The van der Waals surface area contributed by atoms with Gasteiger partial charge in [0.2, 0.25) is 5.43 Å². The molecule has 4 rings (SSSR count). The molecule has 12 nitrogen and oxygen atoms in total. The van der Waals surface area contributed by atoms with Gasteiger partial charge in [0.15, 0.2) is 0 Å². The second-order valence-corrected chi connectivity index (χ2v) is 10.1. The second kappa shape index (κ2) is 15.1. The molecule has 2 aromatic carbocycles. The molecule has 1 saturated heterocycles. The zero-order valence-electron chi connectivity index (χ0n) is 23.7. The number of carboxylic acids is 1. The summed E-state index contributed by atoms with van der Waals surface area (Å²) >= 11 is 0. The van der Waals surface area contributed by atoms with E-state index in [1.165, 1.54) is 6.20 Å². The third kappa shape index (κ3) is 8.38. The lowest BCUT2D eigenvalue weighted by molar-refractivity contribution is -0.139. The van der Waals surface area contributed by atoms with Crippen LogP contribution in [0.1, 0.15) is 41.3 Å². The van der Waals surface area contributed by atoms with E-state index in [4.69, 9.17) is 4.74 Å². The van der Waals surface area contributed by atoms with E-state index >= 15 is 0 Å². The standard InChI is InChI=1S/C30H38N6O6/c1-2-3-15-42-30(41)35-24(28(39)40)18-33-27(38)23-19-36(14-11-20-7-5-4-6-8-20)25-16-21(9-10-22(25)26(23)37)17-34-29-31-12-13-32-29/h4-10,16,19,24,29,31-32,34H,2-3,11-15,17-18H2,1H3,(H,33,38)(H,35,41)(H,39,40). The molecule has 0 radical (unpaired) electrons. The van der Waals surface area contributed by atoms with E-state index in [9.17, 15) is 24.3 Å². The largest absolute Gasteiger partial charge is 0.480 e. The predicted molar refractivity (Wildman–Crippen MR) is 158 cm³/mol. The fraction of sp³-hybridized carbons (Fsp3) is 0.400. The van der Waals surface area contributed by atoms with Gasteiger partial charge in [-0.05, 0) is 36.1 Å². The first kappa shape index (κ1) is 30.7. The van der Waals surface area contributed by atoms with Gasteiger partial charge in [-0.15, -0.1) is 0 Å². The monoisotopic (exact) mass is 578 g/mol. The Kier molecular flexibility index (Phi) is 11.0. The van der Waals surface area contributed by atoms with Crippen molar-refractivity contribution in [2.24, 2.45) is 0 Å². The van der Waals surface area contributed by atoms with E-state index < -0.39 is 36.0 Å². The summed E-state index contributed by atoms with van der Waals surface area (Å²) in [6.07, 6.45) is 2.77. The van der Waals surface area contributed by atoms with Crippen molar-refractivity contribution < 1.29 is 24.2 Å². The number of carbonyl (C=O) groups excluding carboxylic acids is 2. The average Bonchev–Trinajstić information content (AvgIpc) is 3.52. The molecular weight excluding hydrogens is 540 g/mol. The Labute approximate surface area is 243 Å². The summed E-state index contributed by atoms with van der Waals surface area (Å²) in [5.41, 5.74) is 2.20. The molecule has 1 aliphatic heterocycles. The van der Waals surface area contributed by atoms with Gasteiger partial charge in [-0.1, -0.05) is 49.7 Å². The topological polar surface area (TPSA) is 163 Å². The SMILES string of the molecule is CCCCOC(=O)NC(CNC(=O)c1cn(CCc2ccccc2)c2cc(CNC3NCCN3)ccc2c1=O)C(=O)O. The van der Waals surface area contributed by atoms with Crippen molar-refractivity contribution in [2.45, 2.75) is 51.6 Å². The smallest absolute Gasteiger partial charge is 0.407 e. The number of aliphatic carboxylic acids is 1. The number of carbonyl (C=O) groups is 3. The van der Waals surface area contributed by atoms with Gasteiger partial charge in [0, 0.05) is 44.3 Å². The number of rotatable bonds is 14. The normalized spacial score (nSPS) is 14.0. The van der Waals surface area contributed by atoms with Crippen LogP contribution in [0.4, 0.5) is 4.79 Å². The first-order chi connectivity index (χ1) is 20.4. The lowest BCUT2D eigenvalue weighted by atomic mass is 10.1. The van der Waals surface area contributed by atoms with Crippen LogP contribution >= 0.6 is 0 Å². The van der Waals surface area contributed by atoms with Gasteiger partial charge < -0.3 is 25.0 Å². The minimum absolute atomic E-state index is 0.00866. The third-order valence-corrected chi connectivity index (χ3v) is 6.99. The molecule has 6 N–H and O–H groups in total. The number of carboxylic acid groups (broad SMARTS) is 1. The number of amides is 2. The Morgan fingerprint density at radius 2 is 1.86 bits per heavy atom. The molecule has 0 aliphatic carbocycles. The van der Waals surface area contributed by atoms with Crippen LogP contribution in [0.5, 0.6) is 0 Å². The summed E-state index contributed by atoms with van der Waals surface area (Å²) in [5.74, 6) is -2.07. The molecule has 1 fully saturated rings. The van der Waals surface area contributed by atoms with Crippen molar-refractivity contribution in [1.29, 1.82) is 0 Å². The lowest BCUT2D eigenvalue weighted by Crippen LogP contribution is -2.49. The number of ether oxygens (including phenoxy) is 1. The van der Waals surface area contributed by atoms with Crippen molar-refractivity contribution in [2.75, 3.05) is 26.2 Å². The minimum atomic E-state index is -1.43. The number of fused-ring (bicyclic) bond motifs is 1. The number of nitrogens with zero attached hydrogens (tertiary/aromatic N) is 1. The maximum absolute atomic E-state index is 13.5. The fourth-order valence-electron chi connectivity index (χ4n) is 4.64. The van der Waals surface area contributed by atoms with Crippen molar-refractivity contribution in [3.63, 3.8) is 0 Å². The molecule has 0 bridgehead atoms. The molecule has 2 amide bonds. The highest BCUT2D eigenvalue weighted by molar-refractivity contribution is 5.97. The van der Waals surface area contributed by atoms with E-state index in [2.05, 4.69) is 26.6 Å². The number of unbranched alkanes of at least 4 members (excludes halogenated alkanes) is 1. The summed E-state index contributed by atoms with van der Waals surface area (Å²) in [5, 5.41) is 24.6. The quantitative estimate of drug-likeness (QED) is 0.156. The Morgan fingerprint density at radius 3 is 2.57 bits per heavy atom. The van der Waals surface area contributed by atoms with Gasteiger partial charge in [-0.2, -0.15) is 0 Å². The summed E-state index contributed by atoms with van der Waals surface area (Å²) in [7, 11) is 0. The zero-order chi connectivity index (χ0) is 29.9. The minimum Gasteiger partial charge on any atom is -0.480 e. The molecule has 1 aromatic heterocycles. The van der Waals surface area contributed by atoms with E-state index in [0.29, 0.717) is 36.8 Å². The molecule has 0 spiro atoms. The van der Waals surface area contributed by atoms with E-state index in [-0.39, 0.29) is 18.5 Å². The molecule has 12 heteroatoms. The second-order valence-electron chi connectivity index (χ2n) is 10.1. The molecule has 224 valence electrons. The highest BCUT2D eigenvalue weighted by Crippen LogP contribution is 2.16. The van der Waals surface area contributed by atoms with Crippen molar-refractivity contribution in [3.05, 3.63) is 81.6 Å². The molecule has 1 atom stereocenters. The van der Waals surface area contributed by atoms with Gasteiger partial charge in [-0.3, -0.25) is 25.5 Å². The number of benzene rings is 2. The van der Waals surface area contributed by atoms with Gasteiger partial charge in [0.05, 0.1) is 12.1 Å². The highest BCUT2D eigenvalue weighted by Gasteiger charge is 2.23. The molecule has 0 saturated carbocycles. The van der Waals surface area contributed by atoms with Gasteiger partial charge >= 0.3 is 12.1 Å². The van der Waals surface area contributed by atoms with E-state index in [1.807, 2.05) is 54.0 Å². The van der Waals surface area contributed by atoms with Crippen molar-refractivity contribution >= 4 is 28.9 Å². The Morgan fingerprint density at radius 1 is 1.10 bits per heavy atom. The Balaban J connectivity index is 1.55. The van der Waals surface area contributed by atoms with Crippen LogP contribution in [0, 0.1) is 0 Å². The molecule has 1 unspecified atom stereocenters. The number of hydrogen-bond donors (Lipinski definition) is 6. The number of nitrogens with one attached hydrogen (secondary N) is 5. The Hall–Kier alpha value is -4.26. The Bertz CT molecular complexity index is 1440. The number of aromatic nitrogens is 1. The van der Waals surface area contributed by atoms with Gasteiger partial charge in [0.25, 0.3) is 5.91 Å². The van der Waals surface area contributed by atoms with Crippen molar-refractivity contribution in [3.8, 4) is 0 Å². The maximum Gasteiger partial charge on any atom is 0.407 e. The van der Waals surface area contributed by atoms with Crippen LogP contribution in [0.15, 0.2) is 59.5 Å². The van der Waals surface area contributed by atoms with Gasteiger partial charge in [0.1, 0.15) is 17.9 Å². The van der Waals surface area contributed by atoms with Crippen LogP contribution in [-0.4, -0.2) is 66.2 Å². The molecular formula is C30H38N6O6. The summed E-state index contributed by atoms with van der Waals surface area (Å²) < 4.78 is 6.85. The molecule has 42 heavy (non-hydrogen) atoms. The lowest BCUT2D eigenvalue weighted by Gasteiger charge is -2.17. The number of pyridine rings is 1. The predicted octanol–water partition coefficient (Wildman–Crippen LogP) is 1.52. The van der Waals surface area contributed by atoms with Gasteiger partial charge in [-0.25, -0.2) is 9.59 Å². The number of aryl methyl sites for hydroxylation is 2. The molecule has 2 heterocycles. The molecule has 1 aliphatic rings. The highest BCUT2D eigenvalue weighted by atomic mass is 16.5. The number of hydrogen-bond acceptors (Lipinski definition) is 8. The summed E-state index contributed by atoms with van der Waals surface area (Å²) in [6.45, 7) is 4.51. The van der Waals surface area contributed by atoms with E-state index in [0.717, 1.165) is 30.6 Å². The summed E-state index contributed by atoms with van der Waals surface area (Å²) in [6, 6.07) is 14.0. The third-order valence-electron chi connectivity index (χ3n) is 6.99. The van der Waals surface area contributed by atoms with Crippen LogP contribution in [0.25, 0.3) is 10.9 Å².